The van der Waals surface area contributed by atoms with E-state index in [0.29, 0.717) is 56.7 Å². The Morgan fingerprint density at radius 2 is 1.70 bits per heavy atom. The number of para-hydroxylation sites is 1. The molecule has 156 valence electrons. The number of amides is 1. The first kappa shape index (κ1) is 19.9. The second-order valence-electron chi connectivity index (χ2n) is 6.57. The van der Waals surface area contributed by atoms with Gasteiger partial charge in [-0.3, -0.25) is 4.79 Å². The van der Waals surface area contributed by atoms with Gasteiger partial charge < -0.3 is 23.9 Å². The number of nitrogens with zero attached hydrogens (tertiary/aromatic N) is 1. The number of ether oxygens (including phenoxy) is 4. The highest BCUT2D eigenvalue weighted by Gasteiger charge is 2.10. The molecule has 30 heavy (non-hydrogen) atoms. The zero-order valence-corrected chi connectivity index (χ0v) is 16.4. The number of carbonyl (C=O) groups excluding carboxylic acids is 1. The van der Waals surface area contributed by atoms with Crippen LogP contribution in [0, 0.1) is 0 Å². The van der Waals surface area contributed by atoms with Crippen LogP contribution in [0.3, 0.4) is 0 Å². The lowest BCUT2D eigenvalue weighted by molar-refractivity contribution is 0.0223. The molecule has 1 aliphatic heterocycles. The molecular weight excluding hydrogens is 386 g/mol. The summed E-state index contributed by atoms with van der Waals surface area (Å²) in [6.45, 7) is 2.82. The van der Waals surface area contributed by atoms with Crippen molar-refractivity contribution in [2.24, 2.45) is 5.10 Å². The van der Waals surface area contributed by atoms with Crippen molar-refractivity contribution < 1.29 is 23.7 Å². The van der Waals surface area contributed by atoms with Crippen LogP contribution in [0.15, 0.2) is 53.8 Å². The van der Waals surface area contributed by atoms with Crippen molar-refractivity contribution in [2.45, 2.75) is 0 Å². The van der Waals surface area contributed by atoms with Crippen LogP contribution in [0.5, 0.6) is 11.5 Å². The number of rotatable bonds is 3. The molecule has 2 aromatic carbocycles. The molecule has 0 saturated heterocycles. The van der Waals surface area contributed by atoms with Crippen molar-refractivity contribution in [3.8, 4) is 11.5 Å². The minimum absolute atomic E-state index is 0.290. The van der Waals surface area contributed by atoms with E-state index in [1.807, 2.05) is 36.4 Å². The number of carbonyl (C=O) groups is 1. The third-order valence-electron chi connectivity index (χ3n) is 4.52. The summed E-state index contributed by atoms with van der Waals surface area (Å²) in [4.78, 5) is 15.6. The molecule has 0 atom stereocenters. The Kier molecular flexibility index (Phi) is 6.58. The predicted octanol–water partition coefficient (Wildman–Crippen LogP) is 2.74. The van der Waals surface area contributed by atoms with Crippen molar-refractivity contribution in [1.29, 1.82) is 0 Å². The summed E-state index contributed by atoms with van der Waals surface area (Å²) in [5.74, 6) is 0.923. The van der Waals surface area contributed by atoms with Crippen molar-refractivity contribution >= 4 is 23.0 Å². The van der Waals surface area contributed by atoms with Crippen LogP contribution in [0.1, 0.15) is 15.9 Å². The first-order valence-corrected chi connectivity index (χ1v) is 9.76. The van der Waals surface area contributed by atoms with Crippen LogP contribution in [0.2, 0.25) is 0 Å². The minimum Gasteiger partial charge on any atom is -0.487 e. The highest BCUT2D eigenvalue weighted by molar-refractivity contribution is 6.05. The van der Waals surface area contributed by atoms with Gasteiger partial charge in [-0.05, 0) is 35.9 Å². The Bertz CT molecular complexity index is 1030. The van der Waals surface area contributed by atoms with Crippen LogP contribution >= 0.6 is 0 Å². The van der Waals surface area contributed by atoms with Gasteiger partial charge in [-0.2, -0.15) is 5.10 Å². The average molecular weight is 409 g/mol. The lowest BCUT2D eigenvalue weighted by Gasteiger charge is -2.15. The van der Waals surface area contributed by atoms with E-state index < -0.39 is 0 Å². The van der Waals surface area contributed by atoms with Gasteiger partial charge in [-0.15, -0.1) is 0 Å². The fourth-order valence-electron chi connectivity index (χ4n) is 3.08. The second kappa shape index (κ2) is 9.91. The van der Waals surface area contributed by atoms with Crippen LogP contribution in [0.25, 0.3) is 10.9 Å². The van der Waals surface area contributed by atoms with Crippen LogP contribution in [-0.4, -0.2) is 56.7 Å². The SMILES string of the molecule is O=C(N/N=C\c1ccc2c(c1)OCCOCCOCCO2)c1cccc2cc[nH]c12. The highest BCUT2D eigenvalue weighted by atomic mass is 16.6. The molecule has 2 heterocycles. The standard InChI is InChI=1S/C22H23N3O5/c26-22(18-3-1-2-17-6-7-23-21(17)18)25-24-15-16-4-5-19-20(14-16)30-13-11-28-9-8-27-10-12-29-19/h1-7,14-15,23H,8-13H2,(H,25,26)/b24-15-. The quantitative estimate of drug-likeness (QED) is 0.512. The first-order chi connectivity index (χ1) is 14.8. The van der Waals surface area contributed by atoms with Gasteiger partial charge in [0.2, 0.25) is 0 Å². The molecule has 0 unspecified atom stereocenters. The summed E-state index contributed by atoms with van der Waals surface area (Å²) >= 11 is 0. The zero-order valence-electron chi connectivity index (χ0n) is 16.4. The normalized spacial score (nSPS) is 15.5. The summed E-state index contributed by atoms with van der Waals surface area (Å²) in [6, 6.07) is 12.9. The molecule has 0 aliphatic carbocycles. The Hall–Kier alpha value is -3.36. The second-order valence-corrected chi connectivity index (χ2v) is 6.57. The van der Waals surface area contributed by atoms with Gasteiger partial charge in [0.15, 0.2) is 11.5 Å². The monoisotopic (exact) mass is 409 g/mol. The molecule has 3 aromatic rings. The van der Waals surface area contributed by atoms with Gasteiger partial charge in [-0.1, -0.05) is 12.1 Å². The molecule has 2 N–H and O–H groups in total. The van der Waals surface area contributed by atoms with Gasteiger partial charge in [0.05, 0.1) is 43.7 Å². The summed E-state index contributed by atoms with van der Waals surface area (Å²) in [6.07, 6.45) is 3.36. The number of hydrazone groups is 1. The Morgan fingerprint density at radius 1 is 0.933 bits per heavy atom. The number of H-pyrrole nitrogens is 1. The maximum Gasteiger partial charge on any atom is 0.273 e. The number of benzene rings is 2. The van der Waals surface area contributed by atoms with E-state index in [4.69, 9.17) is 18.9 Å². The van der Waals surface area contributed by atoms with Crippen molar-refractivity contribution in [3.05, 3.63) is 59.8 Å². The summed E-state index contributed by atoms with van der Waals surface area (Å²) in [5, 5.41) is 5.05. The van der Waals surface area contributed by atoms with E-state index >= 15 is 0 Å². The molecule has 0 fully saturated rings. The van der Waals surface area contributed by atoms with Gasteiger partial charge in [0.1, 0.15) is 13.2 Å². The summed E-state index contributed by atoms with van der Waals surface area (Å²) in [5.41, 5.74) is 4.64. The maximum absolute atomic E-state index is 12.5. The van der Waals surface area contributed by atoms with E-state index in [2.05, 4.69) is 15.5 Å². The number of nitrogens with one attached hydrogen (secondary N) is 2. The molecule has 8 heteroatoms. The lowest BCUT2D eigenvalue weighted by Crippen LogP contribution is -2.18. The number of fused-ring (bicyclic) bond motifs is 2. The molecular formula is C22H23N3O5. The first-order valence-electron chi connectivity index (χ1n) is 9.76. The van der Waals surface area contributed by atoms with E-state index in [1.165, 1.54) is 0 Å². The third-order valence-corrected chi connectivity index (χ3v) is 4.52. The number of hydrogen-bond acceptors (Lipinski definition) is 6. The Morgan fingerprint density at radius 3 is 2.53 bits per heavy atom. The predicted molar refractivity (Wildman–Crippen MR) is 112 cm³/mol. The van der Waals surface area contributed by atoms with Crippen LogP contribution in [0.4, 0.5) is 0 Å². The fourth-order valence-corrected chi connectivity index (χ4v) is 3.08. The van der Waals surface area contributed by atoms with Gasteiger partial charge in [0, 0.05) is 11.6 Å². The number of aromatic amines is 1. The van der Waals surface area contributed by atoms with E-state index in [-0.39, 0.29) is 5.91 Å². The molecule has 0 bridgehead atoms. The fraction of sp³-hybridized carbons (Fsp3) is 0.273. The molecule has 8 nitrogen and oxygen atoms in total. The van der Waals surface area contributed by atoms with Crippen LogP contribution in [-0.2, 0) is 9.47 Å². The van der Waals surface area contributed by atoms with Crippen molar-refractivity contribution in [3.63, 3.8) is 0 Å². The summed E-state index contributed by atoms with van der Waals surface area (Å²) in [7, 11) is 0. The number of hydrogen-bond donors (Lipinski definition) is 2. The van der Waals surface area contributed by atoms with Gasteiger partial charge in [0.25, 0.3) is 5.91 Å². The Balaban J connectivity index is 1.43. The molecule has 1 aliphatic rings. The Labute approximate surface area is 173 Å². The summed E-state index contributed by atoms with van der Waals surface area (Å²) < 4.78 is 22.4. The van der Waals surface area contributed by atoms with E-state index in [1.54, 1.807) is 18.5 Å². The van der Waals surface area contributed by atoms with Gasteiger partial charge >= 0.3 is 0 Å². The molecule has 1 amide bonds. The number of aromatic nitrogens is 1. The van der Waals surface area contributed by atoms with Crippen molar-refractivity contribution in [2.75, 3.05) is 39.6 Å². The molecule has 1 aromatic heterocycles. The van der Waals surface area contributed by atoms with E-state index in [9.17, 15) is 4.79 Å². The average Bonchev–Trinajstić information content (AvgIpc) is 3.23. The molecule has 0 spiro atoms. The molecule has 0 saturated carbocycles. The zero-order chi connectivity index (χ0) is 20.6. The van der Waals surface area contributed by atoms with Crippen LogP contribution < -0.4 is 14.9 Å². The molecule has 0 radical (unpaired) electrons. The topological polar surface area (TPSA) is 94.2 Å². The third kappa shape index (κ3) is 4.97. The van der Waals surface area contributed by atoms with Crippen molar-refractivity contribution in [1.82, 2.24) is 10.4 Å². The highest BCUT2D eigenvalue weighted by Crippen LogP contribution is 2.28. The van der Waals surface area contributed by atoms with Gasteiger partial charge in [-0.25, -0.2) is 5.43 Å². The van der Waals surface area contributed by atoms with E-state index in [0.717, 1.165) is 16.5 Å². The molecule has 4 rings (SSSR count). The lowest BCUT2D eigenvalue weighted by atomic mass is 10.1. The maximum atomic E-state index is 12.5. The minimum atomic E-state index is -0.290. The largest absolute Gasteiger partial charge is 0.487 e. The smallest absolute Gasteiger partial charge is 0.273 e.